The van der Waals surface area contributed by atoms with Crippen molar-refractivity contribution in [3.05, 3.63) is 36.5 Å². The van der Waals surface area contributed by atoms with Crippen LogP contribution in [0, 0.1) is 0 Å². The maximum absolute atomic E-state index is 12.9. The van der Waals surface area contributed by atoms with Gasteiger partial charge in [-0.1, -0.05) is 140 Å². The molecule has 298 valence electrons. The molecule has 6 N–H and O–H groups in total. The van der Waals surface area contributed by atoms with Crippen LogP contribution in [0.4, 0.5) is 0 Å². The Labute approximate surface area is 311 Å². The third-order valence-corrected chi connectivity index (χ3v) is 9.69. The molecule has 0 aliphatic carbocycles. The van der Waals surface area contributed by atoms with Crippen LogP contribution < -0.4 is 5.32 Å². The van der Waals surface area contributed by atoms with Gasteiger partial charge < -0.3 is 40.3 Å². The predicted molar refractivity (Wildman–Crippen MR) is 207 cm³/mol. The first-order valence-electron chi connectivity index (χ1n) is 20.7. The van der Waals surface area contributed by atoms with Crippen molar-refractivity contribution in [2.45, 2.75) is 211 Å². The molecule has 9 nitrogen and oxygen atoms in total. The zero-order valence-electron chi connectivity index (χ0n) is 32.4. The average Bonchev–Trinajstić information content (AvgIpc) is 3.13. The number of aliphatic hydroxyl groups excluding tert-OH is 5. The summed E-state index contributed by atoms with van der Waals surface area (Å²) in [5.74, 6) is -0.206. The summed E-state index contributed by atoms with van der Waals surface area (Å²) in [6.45, 7) is 3.71. The lowest BCUT2D eigenvalue weighted by Gasteiger charge is -2.40. The second kappa shape index (κ2) is 33.0. The highest BCUT2D eigenvalue weighted by Crippen LogP contribution is 2.22. The molecule has 1 fully saturated rings. The molecule has 0 aromatic carbocycles. The minimum Gasteiger partial charge on any atom is -0.394 e. The average molecular weight is 724 g/mol. The van der Waals surface area contributed by atoms with Crippen molar-refractivity contribution in [1.29, 1.82) is 0 Å². The summed E-state index contributed by atoms with van der Waals surface area (Å²) in [7, 11) is 0. The maximum atomic E-state index is 12.9. The Bertz CT molecular complexity index is 894. The first-order chi connectivity index (χ1) is 24.8. The first-order valence-corrected chi connectivity index (χ1v) is 20.7. The first kappa shape index (κ1) is 47.4. The number of aliphatic hydroxyl groups is 5. The van der Waals surface area contributed by atoms with Gasteiger partial charge >= 0.3 is 0 Å². The Morgan fingerprint density at radius 1 is 0.647 bits per heavy atom. The smallest absolute Gasteiger partial charge is 0.220 e. The van der Waals surface area contributed by atoms with E-state index in [-0.39, 0.29) is 12.5 Å². The van der Waals surface area contributed by atoms with Crippen molar-refractivity contribution in [2.24, 2.45) is 0 Å². The zero-order valence-corrected chi connectivity index (χ0v) is 32.4. The molecule has 1 heterocycles. The van der Waals surface area contributed by atoms with Gasteiger partial charge in [-0.15, -0.1) is 0 Å². The van der Waals surface area contributed by atoms with Crippen molar-refractivity contribution in [3.63, 3.8) is 0 Å². The molecule has 1 aliphatic heterocycles. The van der Waals surface area contributed by atoms with Crippen molar-refractivity contribution < 1.29 is 39.8 Å². The van der Waals surface area contributed by atoms with Gasteiger partial charge in [0, 0.05) is 6.42 Å². The quantitative estimate of drug-likeness (QED) is 0.0298. The molecular weight excluding hydrogens is 646 g/mol. The van der Waals surface area contributed by atoms with Gasteiger partial charge in [0.05, 0.1) is 25.4 Å². The number of amides is 1. The van der Waals surface area contributed by atoms with Gasteiger partial charge in [-0.05, 0) is 57.8 Å². The van der Waals surface area contributed by atoms with E-state index in [0.717, 1.165) is 51.4 Å². The van der Waals surface area contributed by atoms with Gasteiger partial charge in [0.15, 0.2) is 6.29 Å². The van der Waals surface area contributed by atoms with Gasteiger partial charge in [-0.2, -0.15) is 0 Å². The summed E-state index contributed by atoms with van der Waals surface area (Å²) in [5, 5.41) is 53.9. The number of hydrogen-bond acceptors (Lipinski definition) is 8. The molecule has 0 aromatic heterocycles. The molecule has 0 spiro atoms. The molecule has 0 radical (unpaired) electrons. The minimum atomic E-state index is -1.57. The molecule has 51 heavy (non-hydrogen) atoms. The molecule has 1 rings (SSSR count). The Balaban J connectivity index is 2.47. The van der Waals surface area contributed by atoms with Gasteiger partial charge in [-0.3, -0.25) is 4.79 Å². The summed E-state index contributed by atoms with van der Waals surface area (Å²) in [4.78, 5) is 12.9. The molecule has 1 saturated heterocycles. The van der Waals surface area contributed by atoms with E-state index >= 15 is 0 Å². The Morgan fingerprint density at radius 2 is 1.12 bits per heavy atom. The lowest BCUT2D eigenvalue weighted by Crippen LogP contribution is -2.60. The number of carbonyl (C=O) groups excluding carboxylic acids is 1. The number of allylic oxidation sites excluding steroid dienone is 5. The van der Waals surface area contributed by atoms with Gasteiger partial charge in [-0.25, -0.2) is 0 Å². The summed E-state index contributed by atoms with van der Waals surface area (Å²) >= 11 is 0. The van der Waals surface area contributed by atoms with E-state index in [2.05, 4.69) is 43.5 Å². The Hall–Kier alpha value is -1.59. The van der Waals surface area contributed by atoms with E-state index in [9.17, 15) is 30.3 Å². The van der Waals surface area contributed by atoms with Crippen molar-refractivity contribution in [1.82, 2.24) is 5.32 Å². The number of carbonyl (C=O) groups is 1. The zero-order chi connectivity index (χ0) is 37.4. The summed E-state index contributed by atoms with van der Waals surface area (Å²) in [6, 6.07) is -0.826. The highest BCUT2D eigenvalue weighted by atomic mass is 16.7. The van der Waals surface area contributed by atoms with E-state index in [0.29, 0.717) is 6.42 Å². The third kappa shape index (κ3) is 24.4. The standard InChI is InChI=1S/C42H77NO8/c1-3-5-7-9-11-13-15-17-18-20-21-23-25-27-29-31-36(45)35(34-50-42-41(49)40(48)39(47)37(33-44)51-42)43-38(46)32-30-28-26-24-22-19-16-14-12-10-8-6-4-2/h19,21-23,29,31,35-37,39-42,44-45,47-49H,3-18,20,24-28,30,32-34H2,1-2H3,(H,43,46)/b22-19-,23-21+,31-29+. The van der Waals surface area contributed by atoms with Crippen LogP contribution in [0.25, 0.3) is 0 Å². The molecule has 7 unspecified atom stereocenters. The number of rotatable bonds is 33. The fourth-order valence-corrected chi connectivity index (χ4v) is 6.28. The fraction of sp³-hybridized carbons (Fsp3) is 0.833. The number of unbranched alkanes of at least 4 members (excludes halogenated alkanes) is 19. The van der Waals surface area contributed by atoms with Gasteiger partial charge in [0.25, 0.3) is 0 Å². The fourth-order valence-electron chi connectivity index (χ4n) is 6.28. The van der Waals surface area contributed by atoms with Crippen LogP contribution in [0.5, 0.6) is 0 Å². The largest absolute Gasteiger partial charge is 0.394 e. The Morgan fingerprint density at radius 3 is 1.65 bits per heavy atom. The highest BCUT2D eigenvalue weighted by Gasteiger charge is 2.44. The second-order valence-electron chi connectivity index (χ2n) is 14.4. The van der Waals surface area contributed by atoms with E-state index in [1.54, 1.807) is 6.08 Å². The van der Waals surface area contributed by atoms with Crippen molar-refractivity contribution in [3.8, 4) is 0 Å². The number of hydrogen-bond donors (Lipinski definition) is 6. The summed E-state index contributed by atoms with van der Waals surface area (Å²) in [6.07, 6.45) is 31.9. The highest BCUT2D eigenvalue weighted by molar-refractivity contribution is 5.76. The molecular formula is C42H77NO8. The monoisotopic (exact) mass is 724 g/mol. The SMILES string of the molecule is CCCCCCCC/C=C\CCCCCC(=O)NC(COC1OC(CO)C(O)C(O)C1O)C(O)/C=C/CC/C=C/CCCCCCCCCCC. The molecule has 9 heteroatoms. The molecule has 1 amide bonds. The molecule has 0 aromatic rings. The molecule has 7 atom stereocenters. The second-order valence-corrected chi connectivity index (χ2v) is 14.4. The van der Waals surface area contributed by atoms with Crippen LogP contribution in [-0.4, -0.2) is 87.5 Å². The van der Waals surface area contributed by atoms with E-state index < -0.39 is 49.5 Å². The van der Waals surface area contributed by atoms with Gasteiger partial charge in [0.1, 0.15) is 24.4 Å². The van der Waals surface area contributed by atoms with Crippen LogP contribution in [0.3, 0.4) is 0 Å². The van der Waals surface area contributed by atoms with Crippen LogP contribution in [0.15, 0.2) is 36.5 Å². The number of ether oxygens (including phenoxy) is 2. The molecule has 0 saturated carbocycles. The lowest BCUT2D eigenvalue weighted by atomic mass is 9.99. The topological polar surface area (TPSA) is 149 Å². The van der Waals surface area contributed by atoms with Crippen molar-refractivity contribution in [2.75, 3.05) is 13.2 Å². The summed E-state index contributed by atoms with van der Waals surface area (Å²) in [5.41, 5.74) is 0. The maximum Gasteiger partial charge on any atom is 0.220 e. The van der Waals surface area contributed by atoms with Crippen LogP contribution in [-0.2, 0) is 14.3 Å². The minimum absolute atomic E-state index is 0.206. The van der Waals surface area contributed by atoms with Crippen molar-refractivity contribution >= 4 is 5.91 Å². The number of nitrogens with one attached hydrogen (secondary N) is 1. The van der Waals surface area contributed by atoms with Gasteiger partial charge in [0.2, 0.25) is 5.91 Å². The third-order valence-electron chi connectivity index (χ3n) is 9.69. The van der Waals surface area contributed by atoms with E-state index in [1.165, 1.54) is 96.3 Å². The molecule has 1 aliphatic rings. The van der Waals surface area contributed by atoms with E-state index in [1.807, 2.05) is 6.08 Å². The molecule has 0 bridgehead atoms. The normalized spacial score (nSPS) is 22.4. The Kier molecular flexibility index (Phi) is 30.7. The lowest BCUT2D eigenvalue weighted by molar-refractivity contribution is -0.302. The summed E-state index contributed by atoms with van der Waals surface area (Å²) < 4.78 is 11.2. The van der Waals surface area contributed by atoms with Crippen LogP contribution >= 0.6 is 0 Å². The predicted octanol–water partition coefficient (Wildman–Crippen LogP) is 7.72. The van der Waals surface area contributed by atoms with Crippen LogP contribution in [0.2, 0.25) is 0 Å². The van der Waals surface area contributed by atoms with Crippen LogP contribution in [0.1, 0.15) is 168 Å². The van der Waals surface area contributed by atoms with E-state index in [4.69, 9.17) is 9.47 Å².